The van der Waals surface area contributed by atoms with E-state index in [0.29, 0.717) is 10.7 Å². The molecule has 0 bridgehead atoms. The Labute approximate surface area is 186 Å². The maximum absolute atomic E-state index is 12.6. The number of nitrogens with zero attached hydrogens (tertiary/aromatic N) is 2. The van der Waals surface area contributed by atoms with Crippen LogP contribution in [0.15, 0.2) is 51.8 Å². The number of thioether (sulfide) groups is 1. The summed E-state index contributed by atoms with van der Waals surface area (Å²) in [6.07, 6.45) is 1.65. The summed E-state index contributed by atoms with van der Waals surface area (Å²) in [6, 6.07) is 12.2. The van der Waals surface area contributed by atoms with Gasteiger partial charge in [0.15, 0.2) is 0 Å². The molecule has 0 aromatic heterocycles. The van der Waals surface area contributed by atoms with Gasteiger partial charge in [-0.15, -0.1) is 0 Å². The maximum Gasteiger partial charge on any atom is 0.294 e. The molecular formula is C20H17BrClN3O3S. The third-order valence-corrected chi connectivity index (χ3v) is 5.85. The number of amides is 3. The van der Waals surface area contributed by atoms with Crippen molar-refractivity contribution in [2.24, 2.45) is 0 Å². The van der Waals surface area contributed by atoms with E-state index in [4.69, 9.17) is 11.6 Å². The van der Waals surface area contributed by atoms with E-state index in [-0.39, 0.29) is 11.4 Å². The van der Waals surface area contributed by atoms with Gasteiger partial charge >= 0.3 is 0 Å². The normalized spacial score (nSPS) is 15.2. The van der Waals surface area contributed by atoms with Crippen LogP contribution in [-0.2, 0) is 9.59 Å². The molecule has 3 amide bonds. The molecule has 0 unspecified atom stereocenters. The van der Waals surface area contributed by atoms with E-state index in [0.717, 1.165) is 32.4 Å². The van der Waals surface area contributed by atoms with Gasteiger partial charge in [-0.2, -0.15) is 0 Å². The first-order valence-corrected chi connectivity index (χ1v) is 10.5. The van der Waals surface area contributed by atoms with Crippen LogP contribution >= 0.6 is 39.3 Å². The fourth-order valence-corrected chi connectivity index (χ4v) is 4.36. The zero-order chi connectivity index (χ0) is 21.1. The van der Waals surface area contributed by atoms with E-state index in [1.54, 1.807) is 30.3 Å². The van der Waals surface area contributed by atoms with Crippen molar-refractivity contribution < 1.29 is 14.4 Å². The van der Waals surface area contributed by atoms with E-state index in [9.17, 15) is 14.4 Å². The highest BCUT2D eigenvalue weighted by atomic mass is 79.9. The molecule has 9 heteroatoms. The van der Waals surface area contributed by atoms with Crippen molar-refractivity contribution in [3.05, 3.63) is 62.4 Å². The summed E-state index contributed by atoms with van der Waals surface area (Å²) >= 11 is 10.1. The van der Waals surface area contributed by atoms with Gasteiger partial charge in [0.1, 0.15) is 6.54 Å². The highest BCUT2D eigenvalue weighted by molar-refractivity contribution is 9.10. The Morgan fingerprint density at radius 3 is 2.52 bits per heavy atom. The molecule has 1 fully saturated rings. The molecule has 0 saturated carbocycles. The Morgan fingerprint density at radius 1 is 1.21 bits per heavy atom. The van der Waals surface area contributed by atoms with Crippen LogP contribution in [-0.4, -0.2) is 42.6 Å². The van der Waals surface area contributed by atoms with Gasteiger partial charge in [-0.1, -0.05) is 17.7 Å². The second kappa shape index (κ2) is 9.02. The molecule has 1 heterocycles. The average molecular weight is 495 g/mol. The van der Waals surface area contributed by atoms with Crippen LogP contribution in [0.5, 0.6) is 0 Å². The third-order valence-electron chi connectivity index (χ3n) is 4.05. The molecule has 29 heavy (non-hydrogen) atoms. The van der Waals surface area contributed by atoms with Crippen molar-refractivity contribution in [1.82, 2.24) is 4.90 Å². The lowest BCUT2D eigenvalue weighted by Crippen LogP contribution is -2.36. The van der Waals surface area contributed by atoms with Crippen molar-refractivity contribution >= 4 is 73.8 Å². The molecule has 1 aliphatic heterocycles. The molecule has 0 aliphatic carbocycles. The lowest BCUT2D eigenvalue weighted by Gasteiger charge is -2.14. The fraction of sp³-hybridized carbons (Fsp3) is 0.150. The Balaban J connectivity index is 1.70. The summed E-state index contributed by atoms with van der Waals surface area (Å²) in [5.41, 5.74) is 2.31. The number of halogens is 2. The molecule has 1 N–H and O–H groups in total. The second-order valence-electron chi connectivity index (χ2n) is 6.43. The Hall–Kier alpha value is -2.29. The maximum atomic E-state index is 12.6. The number of benzene rings is 2. The van der Waals surface area contributed by atoms with Crippen molar-refractivity contribution in [1.29, 1.82) is 0 Å². The van der Waals surface area contributed by atoms with Gasteiger partial charge in [0.25, 0.3) is 11.1 Å². The third kappa shape index (κ3) is 5.20. The number of anilines is 2. The Bertz CT molecular complexity index is 1010. The summed E-state index contributed by atoms with van der Waals surface area (Å²) in [6.45, 7) is -0.353. The van der Waals surface area contributed by atoms with E-state index >= 15 is 0 Å². The van der Waals surface area contributed by atoms with E-state index in [1.165, 1.54) is 0 Å². The predicted molar refractivity (Wildman–Crippen MR) is 121 cm³/mol. The van der Waals surface area contributed by atoms with Crippen molar-refractivity contribution in [3.8, 4) is 0 Å². The minimum atomic E-state index is -0.487. The van der Waals surface area contributed by atoms with Crippen LogP contribution in [0.2, 0.25) is 5.02 Å². The van der Waals surface area contributed by atoms with Crippen molar-refractivity contribution in [2.45, 2.75) is 0 Å². The smallest absolute Gasteiger partial charge is 0.294 e. The molecule has 0 atom stereocenters. The number of imide groups is 1. The van der Waals surface area contributed by atoms with Crippen molar-refractivity contribution in [3.63, 3.8) is 0 Å². The lowest BCUT2D eigenvalue weighted by atomic mass is 10.2. The zero-order valence-corrected chi connectivity index (χ0v) is 18.8. The first-order valence-electron chi connectivity index (χ1n) is 8.52. The number of carbonyl (C=O) groups excluding carboxylic acids is 3. The van der Waals surface area contributed by atoms with Crippen LogP contribution in [0.1, 0.15) is 5.56 Å². The number of carbonyl (C=O) groups is 3. The predicted octanol–water partition coefficient (Wildman–Crippen LogP) is 4.84. The zero-order valence-electron chi connectivity index (χ0n) is 15.6. The molecular weight excluding hydrogens is 478 g/mol. The van der Waals surface area contributed by atoms with Gasteiger partial charge in [0.05, 0.1) is 10.6 Å². The highest BCUT2D eigenvalue weighted by Gasteiger charge is 2.36. The summed E-state index contributed by atoms with van der Waals surface area (Å²) in [5, 5.41) is 2.71. The van der Waals surface area contributed by atoms with Gasteiger partial charge < -0.3 is 10.2 Å². The lowest BCUT2D eigenvalue weighted by molar-refractivity contribution is -0.127. The van der Waals surface area contributed by atoms with Gasteiger partial charge in [-0.3, -0.25) is 19.3 Å². The summed E-state index contributed by atoms with van der Waals surface area (Å²) < 4.78 is 0.873. The molecule has 1 aliphatic rings. The van der Waals surface area contributed by atoms with Gasteiger partial charge in [-0.05, 0) is 75.7 Å². The van der Waals surface area contributed by atoms with Crippen LogP contribution < -0.4 is 10.2 Å². The van der Waals surface area contributed by atoms with Crippen LogP contribution in [0, 0.1) is 0 Å². The number of rotatable bonds is 5. The largest absolute Gasteiger partial charge is 0.377 e. The first-order chi connectivity index (χ1) is 13.7. The fourth-order valence-electron chi connectivity index (χ4n) is 2.64. The number of hydrogen-bond acceptors (Lipinski definition) is 5. The van der Waals surface area contributed by atoms with Crippen LogP contribution in [0.4, 0.5) is 16.2 Å². The molecule has 2 aromatic carbocycles. The van der Waals surface area contributed by atoms with Gasteiger partial charge in [-0.25, -0.2) is 0 Å². The second-order valence-corrected chi connectivity index (χ2v) is 8.71. The average Bonchev–Trinajstić information content (AvgIpc) is 2.91. The standard InChI is InChI=1S/C20H17BrClN3O3S/c1-24(2)16-8-3-12(9-15(16)21)10-17-19(27)25(20(28)29-17)11-18(26)23-14-6-4-13(22)5-7-14/h3-10H,11H2,1-2H3,(H,23,26)/b17-10-. The van der Waals surface area contributed by atoms with Crippen molar-refractivity contribution in [2.75, 3.05) is 30.9 Å². The van der Waals surface area contributed by atoms with Crippen LogP contribution in [0.25, 0.3) is 6.08 Å². The van der Waals surface area contributed by atoms with Gasteiger partial charge in [0, 0.05) is 29.3 Å². The Kier molecular flexibility index (Phi) is 6.66. The molecule has 1 saturated heterocycles. The van der Waals surface area contributed by atoms with E-state index < -0.39 is 17.1 Å². The van der Waals surface area contributed by atoms with Crippen LogP contribution in [0.3, 0.4) is 0 Å². The molecule has 3 rings (SSSR count). The molecule has 0 spiro atoms. The highest BCUT2D eigenvalue weighted by Crippen LogP contribution is 2.33. The number of nitrogens with one attached hydrogen (secondary N) is 1. The monoisotopic (exact) mass is 493 g/mol. The molecule has 6 nitrogen and oxygen atoms in total. The number of hydrogen-bond donors (Lipinski definition) is 1. The van der Waals surface area contributed by atoms with E-state index in [1.807, 2.05) is 37.2 Å². The topological polar surface area (TPSA) is 69.7 Å². The molecule has 150 valence electrons. The SMILES string of the molecule is CN(C)c1ccc(/C=C2\SC(=O)N(CC(=O)Nc3ccc(Cl)cc3)C2=O)cc1Br. The summed E-state index contributed by atoms with van der Waals surface area (Å²) in [7, 11) is 3.86. The Morgan fingerprint density at radius 2 is 1.90 bits per heavy atom. The minimum Gasteiger partial charge on any atom is -0.377 e. The summed E-state index contributed by atoms with van der Waals surface area (Å²) in [5.74, 6) is -0.951. The minimum absolute atomic E-state index is 0.277. The molecule has 2 aromatic rings. The quantitative estimate of drug-likeness (QED) is 0.602. The first kappa shape index (κ1) is 21.4. The molecule has 0 radical (unpaired) electrons. The summed E-state index contributed by atoms with van der Waals surface area (Å²) in [4.78, 5) is 40.3. The van der Waals surface area contributed by atoms with Gasteiger partial charge in [0.2, 0.25) is 5.91 Å². The van der Waals surface area contributed by atoms with E-state index in [2.05, 4.69) is 21.2 Å².